The van der Waals surface area contributed by atoms with Crippen LogP contribution in [-0.4, -0.2) is 50.8 Å². The van der Waals surface area contributed by atoms with E-state index in [0.29, 0.717) is 13.2 Å². The van der Waals surface area contributed by atoms with Gasteiger partial charge in [0.25, 0.3) is 0 Å². The molecule has 3 rings (SSSR count). The van der Waals surface area contributed by atoms with Crippen LogP contribution >= 0.6 is 24.0 Å². The van der Waals surface area contributed by atoms with Crippen LogP contribution < -0.4 is 15.4 Å². The van der Waals surface area contributed by atoms with Gasteiger partial charge in [0, 0.05) is 45.3 Å². The van der Waals surface area contributed by atoms with Gasteiger partial charge in [-0.05, 0) is 36.6 Å². The molecule has 0 bridgehead atoms. The number of hydrogen-bond donors (Lipinski definition) is 2. The second-order valence-electron chi connectivity index (χ2n) is 7.53. The van der Waals surface area contributed by atoms with Crippen LogP contribution in [-0.2, 0) is 24.4 Å². The second kappa shape index (κ2) is 13.5. The van der Waals surface area contributed by atoms with E-state index in [2.05, 4.69) is 69.9 Å². The standard InChI is InChI=1S/C24H34N4O2.HI/c1-4-30-23-15-19(2)5-10-22(23)17-27-24(25-3)26-16-20-6-8-21(9-7-20)18-28-11-13-29-14-12-28;/h5-10,15H,4,11-14,16-18H2,1-3H3,(H2,25,26,27);1H. The van der Waals surface area contributed by atoms with Crippen LogP contribution in [0.3, 0.4) is 0 Å². The Labute approximate surface area is 203 Å². The Morgan fingerprint density at radius 3 is 2.39 bits per heavy atom. The van der Waals surface area contributed by atoms with Gasteiger partial charge in [-0.1, -0.05) is 36.4 Å². The Balaban J connectivity index is 0.00000341. The number of halogens is 1. The number of guanidine groups is 1. The molecule has 2 aromatic carbocycles. The van der Waals surface area contributed by atoms with Crippen molar-refractivity contribution in [3.8, 4) is 5.75 Å². The fourth-order valence-corrected chi connectivity index (χ4v) is 3.46. The summed E-state index contributed by atoms with van der Waals surface area (Å²) < 4.78 is 11.2. The molecular formula is C24H35IN4O2. The molecule has 1 aliphatic heterocycles. The van der Waals surface area contributed by atoms with Gasteiger partial charge in [0.15, 0.2) is 5.96 Å². The minimum Gasteiger partial charge on any atom is -0.494 e. The fourth-order valence-electron chi connectivity index (χ4n) is 3.46. The summed E-state index contributed by atoms with van der Waals surface area (Å²) in [6, 6.07) is 15.1. The first-order valence-corrected chi connectivity index (χ1v) is 10.7. The molecule has 0 unspecified atom stereocenters. The zero-order chi connectivity index (χ0) is 21.2. The monoisotopic (exact) mass is 538 g/mol. The van der Waals surface area contributed by atoms with Gasteiger partial charge >= 0.3 is 0 Å². The lowest BCUT2D eigenvalue weighted by molar-refractivity contribution is 0.0342. The molecule has 1 aliphatic rings. The third kappa shape index (κ3) is 8.31. The van der Waals surface area contributed by atoms with Crippen LogP contribution in [0.15, 0.2) is 47.5 Å². The van der Waals surface area contributed by atoms with Crippen molar-refractivity contribution in [1.29, 1.82) is 0 Å². The summed E-state index contributed by atoms with van der Waals surface area (Å²) in [5.74, 6) is 1.70. The maximum absolute atomic E-state index is 5.77. The van der Waals surface area contributed by atoms with Crippen LogP contribution in [0.5, 0.6) is 5.75 Å². The molecule has 2 aromatic rings. The van der Waals surface area contributed by atoms with Gasteiger partial charge in [0.05, 0.1) is 19.8 Å². The summed E-state index contributed by atoms with van der Waals surface area (Å²) in [7, 11) is 1.79. The predicted molar refractivity (Wildman–Crippen MR) is 137 cm³/mol. The summed E-state index contributed by atoms with van der Waals surface area (Å²) in [6.45, 7) is 10.8. The van der Waals surface area contributed by atoms with Crippen molar-refractivity contribution >= 4 is 29.9 Å². The van der Waals surface area contributed by atoms with Crippen molar-refractivity contribution in [2.45, 2.75) is 33.5 Å². The molecule has 1 fully saturated rings. The van der Waals surface area contributed by atoms with Crippen LogP contribution in [0.25, 0.3) is 0 Å². The molecule has 2 N–H and O–H groups in total. The number of morpholine rings is 1. The summed E-state index contributed by atoms with van der Waals surface area (Å²) in [5, 5.41) is 6.77. The lowest BCUT2D eigenvalue weighted by atomic mass is 10.1. The van der Waals surface area contributed by atoms with E-state index in [9.17, 15) is 0 Å². The molecule has 0 aromatic heterocycles. The van der Waals surface area contributed by atoms with E-state index >= 15 is 0 Å². The maximum Gasteiger partial charge on any atom is 0.191 e. The van der Waals surface area contributed by atoms with Crippen molar-refractivity contribution in [1.82, 2.24) is 15.5 Å². The zero-order valence-corrected chi connectivity index (χ0v) is 21.1. The van der Waals surface area contributed by atoms with Gasteiger partial charge in [-0.2, -0.15) is 0 Å². The number of nitrogens with zero attached hydrogens (tertiary/aromatic N) is 2. The summed E-state index contributed by atoms with van der Waals surface area (Å²) >= 11 is 0. The minimum absolute atomic E-state index is 0. The molecule has 7 heteroatoms. The SMILES string of the molecule is CCOc1cc(C)ccc1CNC(=NC)NCc1ccc(CN2CCOCC2)cc1.I. The number of nitrogens with one attached hydrogen (secondary N) is 2. The van der Waals surface area contributed by atoms with Crippen molar-refractivity contribution in [2.24, 2.45) is 4.99 Å². The zero-order valence-electron chi connectivity index (χ0n) is 18.8. The highest BCUT2D eigenvalue weighted by Gasteiger charge is 2.10. The van der Waals surface area contributed by atoms with E-state index < -0.39 is 0 Å². The highest BCUT2D eigenvalue weighted by Crippen LogP contribution is 2.20. The lowest BCUT2D eigenvalue weighted by Gasteiger charge is -2.26. The Kier molecular flexibility index (Phi) is 11.1. The maximum atomic E-state index is 5.77. The summed E-state index contributed by atoms with van der Waals surface area (Å²) in [4.78, 5) is 6.78. The van der Waals surface area contributed by atoms with Gasteiger partial charge in [-0.3, -0.25) is 9.89 Å². The van der Waals surface area contributed by atoms with Crippen molar-refractivity contribution in [2.75, 3.05) is 40.0 Å². The number of aliphatic imine (C=N–C) groups is 1. The quantitative estimate of drug-likeness (QED) is 0.305. The molecular weight excluding hydrogens is 503 g/mol. The molecule has 1 saturated heterocycles. The van der Waals surface area contributed by atoms with Crippen LogP contribution in [0.4, 0.5) is 0 Å². The molecule has 170 valence electrons. The second-order valence-corrected chi connectivity index (χ2v) is 7.53. The first kappa shape index (κ1) is 25.4. The Morgan fingerprint density at radius 2 is 1.71 bits per heavy atom. The predicted octanol–water partition coefficient (Wildman–Crippen LogP) is 3.71. The third-order valence-electron chi connectivity index (χ3n) is 5.19. The number of benzene rings is 2. The van der Waals surface area contributed by atoms with Crippen molar-refractivity contribution < 1.29 is 9.47 Å². The van der Waals surface area contributed by atoms with Gasteiger partial charge < -0.3 is 20.1 Å². The molecule has 0 atom stereocenters. The number of rotatable bonds is 8. The van der Waals surface area contributed by atoms with Crippen LogP contribution in [0.1, 0.15) is 29.2 Å². The molecule has 6 nitrogen and oxygen atoms in total. The van der Waals surface area contributed by atoms with E-state index in [0.717, 1.165) is 56.7 Å². The molecule has 0 radical (unpaired) electrons. The Morgan fingerprint density at radius 1 is 1.03 bits per heavy atom. The normalized spacial score (nSPS) is 14.6. The molecule has 0 aliphatic carbocycles. The van der Waals surface area contributed by atoms with Crippen LogP contribution in [0.2, 0.25) is 0 Å². The Bertz CT molecular complexity index is 821. The Hall–Kier alpha value is -1.84. The van der Waals surface area contributed by atoms with Gasteiger partial charge in [-0.25, -0.2) is 0 Å². The van der Waals surface area contributed by atoms with Crippen molar-refractivity contribution in [3.05, 3.63) is 64.7 Å². The molecule has 1 heterocycles. The average molecular weight is 538 g/mol. The first-order chi connectivity index (χ1) is 14.7. The van der Waals surface area contributed by atoms with E-state index in [-0.39, 0.29) is 24.0 Å². The molecule has 31 heavy (non-hydrogen) atoms. The van der Waals surface area contributed by atoms with Crippen LogP contribution in [0, 0.1) is 6.92 Å². The van der Waals surface area contributed by atoms with E-state index in [1.165, 1.54) is 16.7 Å². The number of hydrogen-bond acceptors (Lipinski definition) is 4. The first-order valence-electron chi connectivity index (χ1n) is 10.7. The van der Waals surface area contributed by atoms with E-state index in [1.807, 2.05) is 6.92 Å². The smallest absolute Gasteiger partial charge is 0.191 e. The highest BCUT2D eigenvalue weighted by atomic mass is 127. The van der Waals surface area contributed by atoms with E-state index in [4.69, 9.17) is 9.47 Å². The van der Waals surface area contributed by atoms with Crippen molar-refractivity contribution in [3.63, 3.8) is 0 Å². The number of ether oxygens (including phenoxy) is 2. The topological polar surface area (TPSA) is 58.1 Å². The highest BCUT2D eigenvalue weighted by molar-refractivity contribution is 14.0. The van der Waals surface area contributed by atoms with E-state index in [1.54, 1.807) is 7.05 Å². The number of aryl methyl sites for hydroxylation is 1. The minimum atomic E-state index is 0. The average Bonchev–Trinajstić information content (AvgIpc) is 2.77. The van der Waals surface area contributed by atoms with Gasteiger partial charge in [0.2, 0.25) is 0 Å². The lowest BCUT2D eigenvalue weighted by Crippen LogP contribution is -2.36. The molecule has 0 spiro atoms. The summed E-state index contributed by atoms with van der Waals surface area (Å²) in [6.07, 6.45) is 0. The molecule has 0 saturated carbocycles. The largest absolute Gasteiger partial charge is 0.494 e. The fraction of sp³-hybridized carbons (Fsp3) is 0.458. The third-order valence-corrected chi connectivity index (χ3v) is 5.19. The summed E-state index contributed by atoms with van der Waals surface area (Å²) in [5.41, 5.74) is 4.89. The van der Waals surface area contributed by atoms with Gasteiger partial charge in [-0.15, -0.1) is 24.0 Å². The van der Waals surface area contributed by atoms with Gasteiger partial charge in [0.1, 0.15) is 5.75 Å². The molecule has 0 amide bonds.